The van der Waals surface area contributed by atoms with Gasteiger partial charge in [0.15, 0.2) is 0 Å². The van der Waals surface area contributed by atoms with E-state index in [9.17, 15) is 9.90 Å². The maximum Gasteiger partial charge on any atom is 0.327 e. The number of hydrogen-bond acceptors (Lipinski definition) is 4. The predicted octanol–water partition coefficient (Wildman–Crippen LogP) is 2.29. The number of hydrogen-bond donors (Lipinski definition) is 2. The van der Waals surface area contributed by atoms with Crippen LogP contribution in [0.1, 0.15) is 38.3 Å². The van der Waals surface area contributed by atoms with Gasteiger partial charge in [0, 0.05) is 18.6 Å². The highest BCUT2D eigenvalue weighted by atomic mass is 16.5. The lowest BCUT2D eigenvalue weighted by Crippen LogP contribution is -2.40. The molecule has 4 heteroatoms. The molecule has 0 heterocycles. The van der Waals surface area contributed by atoms with E-state index in [0.29, 0.717) is 6.54 Å². The Morgan fingerprint density at radius 1 is 1.30 bits per heavy atom. The highest BCUT2D eigenvalue weighted by molar-refractivity contribution is 5.77. The molecule has 4 nitrogen and oxygen atoms in total. The molecule has 0 aliphatic heterocycles. The Labute approximate surface area is 121 Å². The van der Waals surface area contributed by atoms with Crippen molar-refractivity contribution in [2.45, 2.75) is 32.7 Å². The topological polar surface area (TPSA) is 58.6 Å². The minimum Gasteiger partial charge on any atom is -0.468 e. The molecule has 0 spiro atoms. The van der Waals surface area contributed by atoms with Gasteiger partial charge in [-0.25, -0.2) is 4.79 Å². The molecule has 0 radical (unpaired) electrons. The Kier molecular flexibility index (Phi) is 6.68. The van der Waals surface area contributed by atoms with Gasteiger partial charge < -0.3 is 15.2 Å². The normalized spacial score (nSPS) is 13.0. The van der Waals surface area contributed by atoms with Crippen LogP contribution in [0.4, 0.5) is 0 Å². The SMILES string of the molecule is CCC(CC)(CO)CNC(C(=O)OC)c1ccccc1. The third kappa shape index (κ3) is 4.05. The number of carbonyl (C=O) groups excluding carboxylic acids is 1. The molecule has 0 bridgehead atoms. The Bertz CT molecular complexity index is 393. The van der Waals surface area contributed by atoms with Gasteiger partial charge in [-0.15, -0.1) is 0 Å². The predicted molar refractivity (Wildman–Crippen MR) is 79.3 cm³/mol. The van der Waals surface area contributed by atoms with E-state index in [1.54, 1.807) is 0 Å². The van der Waals surface area contributed by atoms with Gasteiger partial charge in [0.2, 0.25) is 0 Å². The van der Waals surface area contributed by atoms with Crippen LogP contribution in [-0.2, 0) is 9.53 Å². The van der Waals surface area contributed by atoms with Gasteiger partial charge in [-0.05, 0) is 18.4 Å². The van der Waals surface area contributed by atoms with Crippen molar-refractivity contribution in [3.05, 3.63) is 35.9 Å². The summed E-state index contributed by atoms with van der Waals surface area (Å²) in [6, 6.07) is 9.00. The minimum atomic E-state index is -0.495. The number of esters is 1. The second kappa shape index (κ2) is 8.02. The maximum atomic E-state index is 11.9. The van der Waals surface area contributed by atoms with Gasteiger partial charge >= 0.3 is 5.97 Å². The zero-order valence-electron chi connectivity index (χ0n) is 12.6. The number of carbonyl (C=O) groups is 1. The van der Waals surface area contributed by atoms with Crippen molar-refractivity contribution >= 4 is 5.97 Å². The van der Waals surface area contributed by atoms with Crippen molar-refractivity contribution in [2.24, 2.45) is 5.41 Å². The molecule has 1 unspecified atom stereocenters. The van der Waals surface area contributed by atoms with Crippen LogP contribution in [0.15, 0.2) is 30.3 Å². The fourth-order valence-electron chi connectivity index (χ4n) is 2.20. The maximum absolute atomic E-state index is 11.9. The lowest BCUT2D eigenvalue weighted by atomic mass is 9.83. The largest absolute Gasteiger partial charge is 0.468 e. The molecule has 20 heavy (non-hydrogen) atoms. The molecule has 0 saturated heterocycles. The van der Waals surface area contributed by atoms with Gasteiger partial charge in [0.25, 0.3) is 0 Å². The summed E-state index contributed by atoms with van der Waals surface area (Å²) in [4.78, 5) is 11.9. The molecule has 112 valence electrons. The van der Waals surface area contributed by atoms with E-state index in [1.165, 1.54) is 7.11 Å². The zero-order chi connectivity index (χ0) is 15.0. The Morgan fingerprint density at radius 3 is 2.35 bits per heavy atom. The highest BCUT2D eigenvalue weighted by Crippen LogP contribution is 2.26. The monoisotopic (exact) mass is 279 g/mol. The molecular weight excluding hydrogens is 254 g/mol. The number of nitrogens with one attached hydrogen (secondary N) is 1. The average molecular weight is 279 g/mol. The number of benzene rings is 1. The number of methoxy groups -OCH3 is 1. The first-order valence-electron chi connectivity index (χ1n) is 7.09. The van der Waals surface area contributed by atoms with E-state index in [0.717, 1.165) is 18.4 Å². The molecule has 0 aliphatic rings. The van der Waals surface area contributed by atoms with Crippen molar-refractivity contribution in [1.82, 2.24) is 5.32 Å². The van der Waals surface area contributed by atoms with Crippen LogP contribution in [0, 0.1) is 5.41 Å². The van der Waals surface area contributed by atoms with E-state index >= 15 is 0 Å². The van der Waals surface area contributed by atoms with Crippen molar-refractivity contribution in [1.29, 1.82) is 0 Å². The summed E-state index contributed by atoms with van der Waals surface area (Å²) < 4.78 is 4.87. The van der Waals surface area contributed by atoms with Gasteiger partial charge in [-0.2, -0.15) is 0 Å². The fourth-order valence-corrected chi connectivity index (χ4v) is 2.20. The quantitative estimate of drug-likeness (QED) is 0.717. The van der Waals surface area contributed by atoms with Crippen LogP contribution in [-0.4, -0.2) is 31.3 Å². The molecular formula is C16H25NO3. The second-order valence-electron chi connectivity index (χ2n) is 5.11. The van der Waals surface area contributed by atoms with Crippen LogP contribution in [0.25, 0.3) is 0 Å². The lowest BCUT2D eigenvalue weighted by Gasteiger charge is -2.31. The van der Waals surface area contributed by atoms with E-state index < -0.39 is 6.04 Å². The smallest absolute Gasteiger partial charge is 0.327 e. The van der Waals surface area contributed by atoms with Crippen molar-refractivity contribution < 1.29 is 14.6 Å². The van der Waals surface area contributed by atoms with Crippen molar-refractivity contribution in [3.63, 3.8) is 0 Å². The lowest BCUT2D eigenvalue weighted by molar-refractivity contribution is -0.143. The van der Waals surface area contributed by atoms with Gasteiger partial charge in [-0.3, -0.25) is 0 Å². The molecule has 1 aromatic carbocycles. The standard InChI is InChI=1S/C16H25NO3/c1-4-16(5-2,12-18)11-17-14(15(19)20-3)13-9-7-6-8-10-13/h6-10,14,17-18H,4-5,11-12H2,1-3H3. The number of aliphatic hydroxyl groups excluding tert-OH is 1. The molecule has 0 aromatic heterocycles. The van der Waals surface area contributed by atoms with Crippen LogP contribution in [0.2, 0.25) is 0 Å². The summed E-state index contributed by atoms with van der Waals surface area (Å²) in [7, 11) is 1.39. The summed E-state index contributed by atoms with van der Waals surface area (Å²) in [6.45, 7) is 4.79. The first-order chi connectivity index (χ1) is 9.62. The average Bonchev–Trinajstić information content (AvgIpc) is 2.52. The second-order valence-corrected chi connectivity index (χ2v) is 5.11. The van der Waals surface area contributed by atoms with E-state index in [1.807, 2.05) is 30.3 Å². The van der Waals surface area contributed by atoms with E-state index in [4.69, 9.17) is 4.74 Å². The molecule has 0 amide bonds. The van der Waals surface area contributed by atoms with Crippen LogP contribution in [0.3, 0.4) is 0 Å². The van der Waals surface area contributed by atoms with Crippen molar-refractivity contribution in [2.75, 3.05) is 20.3 Å². The molecule has 1 atom stereocenters. The molecule has 0 fully saturated rings. The number of rotatable bonds is 8. The summed E-state index contributed by atoms with van der Waals surface area (Å²) in [5, 5.41) is 12.8. The van der Waals surface area contributed by atoms with Crippen LogP contribution >= 0.6 is 0 Å². The molecule has 1 rings (SSSR count). The third-order valence-electron chi connectivity index (χ3n) is 4.09. The van der Waals surface area contributed by atoms with Gasteiger partial charge in [0.1, 0.15) is 6.04 Å². The summed E-state index contributed by atoms with van der Waals surface area (Å²) in [5.41, 5.74) is 0.680. The fraction of sp³-hybridized carbons (Fsp3) is 0.562. The van der Waals surface area contributed by atoms with E-state index in [-0.39, 0.29) is 18.0 Å². The van der Waals surface area contributed by atoms with Crippen LogP contribution < -0.4 is 5.32 Å². The number of ether oxygens (including phenoxy) is 1. The Balaban J connectivity index is 2.84. The summed E-state index contributed by atoms with van der Waals surface area (Å²) in [5.74, 6) is -0.310. The molecule has 1 aromatic rings. The summed E-state index contributed by atoms with van der Waals surface area (Å²) in [6.07, 6.45) is 1.71. The molecule has 2 N–H and O–H groups in total. The molecule has 0 saturated carbocycles. The third-order valence-corrected chi connectivity index (χ3v) is 4.09. The van der Waals surface area contributed by atoms with Crippen molar-refractivity contribution in [3.8, 4) is 0 Å². The van der Waals surface area contributed by atoms with Gasteiger partial charge in [0.05, 0.1) is 7.11 Å². The van der Waals surface area contributed by atoms with Crippen LogP contribution in [0.5, 0.6) is 0 Å². The Hall–Kier alpha value is -1.39. The minimum absolute atomic E-state index is 0.107. The molecule has 0 aliphatic carbocycles. The van der Waals surface area contributed by atoms with E-state index in [2.05, 4.69) is 19.2 Å². The Morgan fingerprint density at radius 2 is 1.90 bits per heavy atom. The first kappa shape index (κ1) is 16.7. The summed E-state index contributed by atoms with van der Waals surface area (Å²) >= 11 is 0. The first-order valence-corrected chi connectivity index (χ1v) is 7.09. The van der Waals surface area contributed by atoms with Gasteiger partial charge in [-0.1, -0.05) is 44.2 Å². The number of aliphatic hydroxyl groups is 1. The zero-order valence-corrected chi connectivity index (χ0v) is 12.6. The highest BCUT2D eigenvalue weighted by Gasteiger charge is 2.29.